The summed E-state index contributed by atoms with van der Waals surface area (Å²) < 4.78 is 5.78. The average Bonchev–Trinajstić information content (AvgIpc) is 2.48. The van der Waals surface area contributed by atoms with E-state index in [2.05, 4.69) is 11.9 Å². The van der Waals surface area contributed by atoms with E-state index in [0.29, 0.717) is 5.84 Å². The Morgan fingerprint density at radius 2 is 1.90 bits per heavy atom. The number of hydrogen-bond acceptors (Lipinski definition) is 2. The minimum absolute atomic E-state index is 0.195. The molecule has 0 radical (unpaired) electrons. The minimum Gasteiger partial charge on any atom is -0.491 e. The summed E-state index contributed by atoms with van der Waals surface area (Å²) in [6.07, 6.45) is 1.17. The van der Waals surface area contributed by atoms with Crippen molar-refractivity contribution < 1.29 is 4.74 Å². The Bertz CT molecular complexity index is 579. The zero-order valence-electron chi connectivity index (χ0n) is 11.9. The Hall–Kier alpha value is -2.29. The van der Waals surface area contributed by atoms with Crippen molar-refractivity contribution in [3.8, 4) is 5.75 Å². The van der Waals surface area contributed by atoms with Crippen LogP contribution in [0.2, 0.25) is 0 Å². The minimum atomic E-state index is 0.195. The first-order valence-electron chi connectivity index (χ1n) is 6.85. The van der Waals surface area contributed by atoms with Crippen LogP contribution in [0.15, 0.2) is 59.6 Å². The summed E-state index contributed by atoms with van der Waals surface area (Å²) in [6.45, 7) is 4.15. The molecular weight excluding hydrogens is 248 g/mol. The van der Waals surface area contributed by atoms with Crippen LogP contribution in [0.3, 0.4) is 0 Å². The molecule has 0 saturated carbocycles. The summed E-state index contributed by atoms with van der Waals surface area (Å²) in [5.74, 6) is 1.33. The van der Waals surface area contributed by atoms with Crippen LogP contribution in [0.25, 0.3) is 0 Å². The number of nitrogens with two attached hydrogens (primary N) is 1. The molecule has 3 heteroatoms. The molecule has 0 aromatic heterocycles. The lowest BCUT2D eigenvalue weighted by atomic mass is 10.2. The fourth-order valence-corrected chi connectivity index (χ4v) is 1.75. The maximum Gasteiger partial charge on any atom is 0.131 e. The smallest absolute Gasteiger partial charge is 0.131 e. The lowest BCUT2D eigenvalue weighted by Gasteiger charge is -2.12. The van der Waals surface area contributed by atoms with E-state index in [0.717, 1.165) is 23.4 Å². The highest BCUT2D eigenvalue weighted by Gasteiger charge is 2.02. The molecule has 0 bridgehead atoms. The largest absolute Gasteiger partial charge is 0.491 e. The topological polar surface area (TPSA) is 47.6 Å². The van der Waals surface area contributed by atoms with Crippen LogP contribution < -0.4 is 10.5 Å². The van der Waals surface area contributed by atoms with Crippen LogP contribution in [0, 0.1) is 0 Å². The van der Waals surface area contributed by atoms with Gasteiger partial charge in [-0.05, 0) is 25.5 Å². The molecule has 1 unspecified atom stereocenters. The van der Waals surface area contributed by atoms with E-state index in [-0.39, 0.29) is 6.10 Å². The molecule has 0 aliphatic heterocycles. The van der Waals surface area contributed by atoms with Crippen molar-refractivity contribution in [1.29, 1.82) is 0 Å². The maximum atomic E-state index is 6.01. The molecule has 2 N–H and O–H groups in total. The average molecular weight is 268 g/mol. The van der Waals surface area contributed by atoms with Gasteiger partial charge < -0.3 is 10.5 Å². The van der Waals surface area contributed by atoms with Crippen LogP contribution >= 0.6 is 0 Å². The van der Waals surface area contributed by atoms with Gasteiger partial charge in [0.2, 0.25) is 0 Å². The van der Waals surface area contributed by atoms with Gasteiger partial charge in [-0.1, -0.05) is 43.3 Å². The molecule has 0 aliphatic carbocycles. The highest BCUT2D eigenvalue weighted by atomic mass is 16.5. The van der Waals surface area contributed by atoms with E-state index in [4.69, 9.17) is 10.5 Å². The van der Waals surface area contributed by atoms with E-state index < -0.39 is 0 Å². The van der Waals surface area contributed by atoms with E-state index in [1.807, 2.05) is 61.5 Å². The Balaban J connectivity index is 2.19. The summed E-state index contributed by atoms with van der Waals surface area (Å²) in [5, 5.41) is 0. The molecule has 20 heavy (non-hydrogen) atoms. The molecule has 2 aromatic rings. The van der Waals surface area contributed by atoms with Crippen LogP contribution in [-0.2, 0) is 0 Å². The molecule has 1 atom stereocenters. The van der Waals surface area contributed by atoms with Gasteiger partial charge in [-0.25, -0.2) is 4.99 Å². The predicted molar refractivity (Wildman–Crippen MR) is 83.6 cm³/mol. The van der Waals surface area contributed by atoms with Crippen molar-refractivity contribution in [3.05, 3.63) is 60.2 Å². The molecule has 0 aliphatic rings. The number of aliphatic imine (C=N–C) groups is 1. The number of rotatable bonds is 5. The predicted octanol–water partition coefficient (Wildman–Crippen LogP) is 3.90. The third kappa shape index (κ3) is 3.85. The highest BCUT2D eigenvalue weighted by Crippen LogP contribution is 2.21. The van der Waals surface area contributed by atoms with Gasteiger partial charge in [0.15, 0.2) is 0 Å². The Morgan fingerprint density at radius 1 is 1.15 bits per heavy atom. The standard InChI is InChI=1S/C17H20N2O/c1-3-13(2)20-16-11-7-10-15(12-16)19-17(18)14-8-5-4-6-9-14/h4-13H,3H2,1-2H3,(H2,18,19). The summed E-state index contributed by atoms with van der Waals surface area (Å²) in [5.41, 5.74) is 7.73. The van der Waals surface area contributed by atoms with E-state index in [9.17, 15) is 0 Å². The molecule has 2 aromatic carbocycles. The van der Waals surface area contributed by atoms with Gasteiger partial charge >= 0.3 is 0 Å². The lowest BCUT2D eigenvalue weighted by molar-refractivity contribution is 0.217. The van der Waals surface area contributed by atoms with Gasteiger partial charge in [0, 0.05) is 11.6 Å². The van der Waals surface area contributed by atoms with Crippen molar-refractivity contribution in [2.24, 2.45) is 10.7 Å². The summed E-state index contributed by atoms with van der Waals surface area (Å²) in [4.78, 5) is 4.44. The molecule has 2 rings (SSSR count). The highest BCUT2D eigenvalue weighted by molar-refractivity contribution is 5.99. The summed E-state index contributed by atoms with van der Waals surface area (Å²) in [7, 11) is 0. The normalized spacial score (nSPS) is 13.0. The van der Waals surface area contributed by atoms with Gasteiger partial charge in [0.05, 0.1) is 11.8 Å². The van der Waals surface area contributed by atoms with Gasteiger partial charge in [-0.15, -0.1) is 0 Å². The molecule has 104 valence electrons. The van der Waals surface area contributed by atoms with Crippen molar-refractivity contribution in [2.75, 3.05) is 0 Å². The first-order valence-corrected chi connectivity index (χ1v) is 6.85. The van der Waals surface area contributed by atoms with Crippen molar-refractivity contribution in [3.63, 3.8) is 0 Å². The van der Waals surface area contributed by atoms with E-state index >= 15 is 0 Å². The van der Waals surface area contributed by atoms with E-state index in [1.165, 1.54) is 0 Å². The van der Waals surface area contributed by atoms with E-state index in [1.54, 1.807) is 0 Å². The summed E-state index contributed by atoms with van der Waals surface area (Å²) in [6, 6.07) is 17.4. The quantitative estimate of drug-likeness (QED) is 0.660. The number of hydrogen-bond donors (Lipinski definition) is 1. The van der Waals surface area contributed by atoms with Gasteiger partial charge in [-0.2, -0.15) is 0 Å². The second-order valence-electron chi connectivity index (χ2n) is 4.70. The van der Waals surface area contributed by atoms with Crippen LogP contribution in [-0.4, -0.2) is 11.9 Å². The van der Waals surface area contributed by atoms with Crippen molar-refractivity contribution in [2.45, 2.75) is 26.4 Å². The Morgan fingerprint density at radius 3 is 2.60 bits per heavy atom. The second-order valence-corrected chi connectivity index (χ2v) is 4.70. The molecule has 0 spiro atoms. The third-order valence-electron chi connectivity index (χ3n) is 3.05. The Kier molecular flexibility index (Phi) is 4.77. The number of ether oxygens (including phenoxy) is 1. The maximum absolute atomic E-state index is 6.01. The monoisotopic (exact) mass is 268 g/mol. The van der Waals surface area contributed by atoms with Gasteiger partial charge in [0.25, 0.3) is 0 Å². The first kappa shape index (κ1) is 14.1. The zero-order chi connectivity index (χ0) is 14.4. The zero-order valence-corrected chi connectivity index (χ0v) is 11.9. The fourth-order valence-electron chi connectivity index (χ4n) is 1.75. The summed E-state index contributed by atoms with van der Waals surface area (Å²) >= 11 is 0. The number of nitrogens with zero attached hydrogens (tertiary/aromatic N) is 1. The molecule has 0 amide bonds. The molecule has 0 fully saturated rings. The van der Waals surface area contributed by atoms with Gasteiger partial charge in [0.1, 0.15) is 11.6 Å². The SMILES string of the molecule is CCC(C)Oc1cccc(N=C(N)c2ccccc2)c1. The van der Waals surface area contributed by atoms with Crippen LogP contribution in [0.1, 0.15) is 25.8 Å². The van der Waals surface area contributed by atoms with Crippen molar-refractivity contribution in [1.82, 2.24) is 0 Å². The van der Waals surface area contributed by atoms with Crippen LogP contribution in [0.4, 0.5) is 5.69 Å². The third-order valence-corrected chi connectivity index (χ3v) is 3.05. The van der Waals surface area contributed by atoms with Gasteiger partial charge in [-0.3, -0.25) is 0 Å². The number of benzene rings is 2. The van der Waals surface area contributed by atoms with Crippen LogP contribution in [0.5, 0.6) is 5.75 Å². The molecule has 0 saturated heterocycles. The molecule has 0 heterocycles. The lowest BCUT2D eigenvalue weighted by Crippen LogP contribution is -2.12. The Labute approximate surface area is 120 Å². The first-order chi connectivity index (χ1) is 9.69. The fraction of sp³-hybridized carbons (Fsp3) is 0.235. The van der Waals surface area contributed by atoms with Crippen molar-refractivity contribution >= 4 is 11.5 Å². The number of amidine groups is 1. The second kappa shape index (κ2) is 6.75. The molecule has 3 nitrogen and oxygen atoms in total. The molecular formula is C17H20N2O.